The van der Waals surface area contributed by atoms with E-state index in [1.807, 2.05) is 0 Å². The number of carbonyl (C=O) groups excluding carboxylic acids is 3. The highest BCUT2D eigenvalue weighted by Crippen LogP contribution is 2.15. The first-order valence-corrected chi connectivity index (χ1v) is 30.8. The van der Waals surface area contributed by atoms with Gasteiger partial charge in [0.2, 0.25) is 0 Å². The van der Waals surface area contributed by atoms with Crippen LogP contribution in [0.4, 0.5) is 0 Å². The van der Waals surface area contributed by atoms with Crippen molar-refractivity contribution in [3.05, 3.63) is 146 Å². The second kappa shape index (κ2) is 62.8. The highest BCUT2D eigenvalue weighted by atomic mass is 16.6. The van der Waals surface area contributed by atoms with Crippen molar-refractivity contribution in [2.24, 2.45) is 0 Å². The summed E-state index contributed by atoms with van der Waals surface area (Å²) in [4.78, 5) is 38.1. The van der Waals surface area contributed by atoms with Crippen molar-refractivity contribution >= 4 is 17.9 Å². The molecule has 0 aliphatic heterocycles. The van der Waals surface area contributed by atoms with Gasteiger partial charge >= 0.3 is 17.9 Å². The highest BCUT2D eigenvalue weighted by Gasteiger charge is 2.19. The van der Waals surface area contributed by atoms with E-state index in [4.69, 9.17) is 14.2 Å². The number of esters is 3. The number of allylic oxidation sites excluding steroid dienone is 24. The van der Waals surface area contributed by atoms with Crippen LogP contribution >= 0.6 is 0 Å². The van der Waals surface area contributed by atoms with Gasteiger partial charge in [-0.05, 0) is 128 Å². The van der Waals surface area contributed by atoms with Crippen LogP contribution in [0.15, 0.2) is 146 Å². The van der Waals surface area contributed by atoms with Crippen molar-refractivity contribution < 1.29 is 28.6 Å². The van der Waals surface area contributed by atoms with Gasteiger partial charge in [0.1, 0.15) is 13.2 Å². The van der Waals surface area contributed by atoms with Crippen LogP contribution in [0, 0.1) is 0 Å². The van der Waals surface area contributed by atoms with Crippen molar-refractivity contribution in [2.75, 3.05) is 13.2 Å². The summed E-state index contributed by atoms with van der Waals surface area (Å²) >= 11 is 0. The number of unbranched alkanes of at least 4 members (excludes halogenated alkanes) is 19. The molecule has 0 radical (unpaired) electrons. The molecule has 76 heavy (non-hydrogen) atoms. The minimum atomic E-state index is -0.816. The summed E-state index contributed by atoms with van der Waals surface area (Å²) in [5.74, 6) is -0.984. The number of ether oxygens (including phenoxy) is 3. The van der Waals surface area contributed by atoms with Gasteiger partial charge in [-0.3, -0.25) is 14.4 Å². The van der Waals surface area contributed by atoms with Gasteiger partial charge in [-0.2, -0.15) is 0 Å². The Morgan fingerprint density at radius 3 is 0.855 bits per heavy atom. The molecule has 0 heterocycles. The molecule has 0 amide bonds. The monoisotopic (exact) mass is 1050 g/mol. The van der Waals surface area contributed by atoms with E-state index in [1.165, 1.54) is 77.0 Å². The summed E-state index contributed by atoms with van der Waals surface area (Å²) in [7, 11) is 0. The van der Waals surface area contributed by atoms with E-state index in [0.717, 1.165) is 135 Å². The molecule has 6 heteroatoms. The van der Waals surface area contributed by atoms with E-state index >= 15 is 0 Å². The lowest BCUT2D eigenvalue weighted by molar-refractivity contribution is -0.167. The molecule has 1 unspecified atom stereocenters. The maximum Gasteiger partial charge on any atom is 0.306 e. The second-order valence-corrected chi connectivity index (χ2v) is 19.8. The van der Waals surface area contributed by atoms with Crippen LogP contribution in [-0.4, -0.2) is 37.2 Å². The van der Waals surface area contributed by atoms with Gasteiger partial charge in [0.25, 0.3) is 0 Å². The van der Waals surface area contributed by atoms with E-state index < -0.39 is 6.10 Å². The fraction of sp³-hybridized carbons (Fsp3) is 0.614. The molecule has 6 nitrogen and oxygen atoms in total. The van der Waals surface area contributed by atoms with Crippen LogP contribution in [-0.2, 0) is 28.6 Å². The van der Waals surface area contributed by atoms with E-state index in [0.29, 0.717) is 19.3 Å². The molecule has 0 aromatic heterocycles. The maximum atomic E-state index is 12.8. The maximum absolute atomic E-state index is 12.8. The summed E-state index contributed by atoms with van der Waals surface area (Å²) in [5.41, 5.74) is 0. The Morgan fingerprint density at radius 1 is 0.276 bits per heavy atom. The standard InChI is InChI=1S/C70H112O6/c1-4-7-10-13-16-19-22-24-26-28-29-30-31-32-33-34-35-36-37-38-39-40-41-43-44-46-48-51-54-57-60-63-69(72)75-66-67(65-74-68(71)62-59-56-53-50-21-18-15-12-9-6-3)76-70(73)64-61-58-55-52-49-47-45-42-27-25-23-20-17-14-11-8-5-2/h7-8,10-12,15-17,19-20,24-27,29-30,32-33,35-36,45,47,52,55,67H,4-6,9,13-14,18,21-23,28,31,34,37-44,46,48-51,53-54,56-66H2,1-3H3/b10-7-,11-8-,15-12-,19-16-,20-17-,26-24-,27-25-,30-29-,33-32-,36-35-,47-45-,55-52-. The zero-order valence-electron chi connectivity index (χ0n) is 49.0. The fourth-order valence-electron chi connectivity index (χ4n) is 8.01. The first kappa shape index (κ1) is 71.3. The largest absolute Gasteiger partial charge is 0.462 e. The van der Waals surface area contributed by atoms with Crippen LogP contribution in [0.1, 0.15) is 258 Å². The van der Waals surface area contributed by atoms with E-state index in [9.17, 15) is 14.4 Å². The summed E-state index contributed by atoms with van der Waals surface area (Å²) in [5, 5.41) is 0. The van der Waals surface area contributed by atoms with Gasteiger partial charge in [-0.25, -0.2) is 0 Å². The molecular formula is C70H112O6. The predicted molar refractivity (Wildman–Crippen MR) is 329 cm³/mol. The molecule has 0 spiro atoms. The second-order valence-electron chi connectivity index (χ2n) is 19.8. The van der Waals surface area contributed by atoms with Crippen LogP contribution in [0.5, 0.6) is 0 Å². The Labute approximate surface area is 467 Å². The average molecular weight is 1050 g/mol. The lowest BCUT2D eigenvalue weighted by atomic mass is 10.0. The normalized spacial score (nSPS) is 13.1. The molecule has 0 aromatic rings. The Hall–Kier alpha value is -4.71. The van der Waals surface area contributed by atoms with Gasteiger partial charge in [0.05, 0.1) is 0 Å². The number of carbonyl (C=O) groups is 3. The number of hydrogen-bond acceptors (Lipinski definition) is 6. The van der Waals surface area contributed by atoms with Gasteiger partial charge in [-0.1, -0.05) is 256 Å². The molecule has 1 atom stereocenters. The van der Waals surface area contributed by atoms with Crippen LogP contribution in [0.25, 0.3) is 0 Å². The van der Waals surface area contributed by atoms with Crippen molar-refractivity contribution in [1.82, 2.24) is 0 Å². The van der Waals surface area contributed by atoms with Gasteiger partial charge in [-0.15, -0.1) is 0 Å². The van der Waals surface area contributed by atoms with E-state index in [2.05, 4.69) is 167 Å². The lowest BCUT2D eigenvalue weighted by Crippen LogP contribution is -2.30. The molecule has 0 bridgehead atoms. The molecular weight excluding hydrogens is 937 g/mol. The van der Waals surface area contributed by atoms with Crippen LogP contribution < -0.4 is 0 Å². The number of rotatable bonds is 54. The molecule has 0 saturated heterocycles. The molecule has 0 fully saturated rings. The van der Waals surface area contributed by atoms with Crippen LogP contribution in [0.3, 0.4) is 0 Å². The zero-order valence-corrected chi connectivity index (χ0v) is 49.0. The first-order chi connectivity index (χ1) is 37.5. The Balaban J connectivity index is 4.27. The van der Waals surface area contributed by atoms with Crippen molar-refractivity contribution in [2.45, 2.75) is 264 Å². The van der Waals surface area contributed by atoms with Crippen molar-refractivity contribution in [1.29, 1.82) is 0 Å². The molecule has 0 rings (SSSR count). The molecule has 428 valence electrons. The molecule has 0 saturated carbocycles. The lowest BCUT2D eigenvalue weighted by Gasteiger charge is -2.18. The van der Waals surface area contributed by atoms with Crippen molar-refractivity contribution in [3.8, 4) is 0 Å². The smallest absolute Gasteiger partial charge is 0.306 e. The predicted octanol–water partition coefficient (Wildman–Crippen LogP) is 21.2. The Morgan fingerprint density at radius 2 is 0.526 bits per heavy atom. The summed E-state index contributed by atoms with van der Waals surface area (Å²) in [6.45, 7) is 6.29. The average Bonchev–Trinajstić information content (AvgIpc) is 3.42. The summed E-state index contributed by atoms with van der Waals surface area (Å²) in [6, 6.07) is 0. The zero-order chi connectivity index (χ0) is 55.0. The third-order valence-corrected chi connectivity index (χ3v) is 12.5. The fourth-order valence-corrected chi connectivity index (χ4v) is 8.01. The Bertz CT molecular complexity index is 1680. The third-order valence-electron chi connectivity index (χ3n) is 12.5. The first-order valence-electron chi connectivity index (χ1n) is 30.8. The molecule has 0 aromatic carbocycles. The van der Waals surface area contributed by atoms with E-state index in [1.54, 1.807) is 0 Å². The highest BCUT2D eigenvalue weighted by molar-refractivity contribution is 5.71. The topological polar surface area (TPSA) is 78.9 Å². The SMILES string of the molecule is CC/C=C\C/C=C\C/C=C\C/C=C\C/C=C\C/C=C\CCCCCCCCCCCCCCC(=O)OCC(COC(=O)CCCCCCC/C=C\CCC)OC(=O)CCC/C=C\C/C=C\C/C=C\C/C=C\C/C=C\CC. The summed E-state index contributed by atoms with van der Waals surface area (Å²) in [6.07, 6.45) is 90.1. The summed E-state index contributed by atoms with van der Waals surface area (Å²) < 4.78 is 16.8. The van der Waals surface area contributed by atoms with Gasteiger partial charge in [0.15, 0.2) is 6.10 Å². The molecule has 0 N–H and O–H groups in total. The quantitative estimate of drug-likeness (QED) is 0.0261. The molecule has 0 aliphatic carbocycles. The minimum Gasteiger partial charge on any atom is -0.462 e. The molecule has 0 aliphatic rings. The van der Waals surface area contributed by atoms with Crippen LogP contribution in [0.2, 0.25) is 0 Å². The van der Waals surface area contributed by atoms with Gasteiger partial charge in [0, 0.05) is 19.3 Å². The Kier molecular flexibility index (Phi) is 58.9. The number of hydrogen-bond donors (Lipinski definition) is 0. The van der Waals surface area contributed by atoms with E-state index in [-0.39, 0.29) is 37.5 Å². The third kappa shape index (κ3) is 60.2. The van der Waals surface area contributed by atoms with Crippen molar-refractivity contribution in [3.63, 3.8) is 0 Å². The van der Waals surface area contributed by atoms with Gasteiger partial charge < -0.3 is 14.2 Å². The minimum absolute atomic E-state index is 0.108.